The Kier molecular flexibility index (Phi) is 6.52. The summed E-state index contributed by atoms with van der Waals surface area (Å²) >= 11 is 1.48. The smallest absolute Gasteiger partial charge is 0.229 e. The molecule has 1 unspecified atom stereocenters. The minimum atomic E-state index is 0.0235. The van der Waals surface area contributed by atoms with Gasteiger partial charge in [-0.05, 0) is 24.8 Å². The van der Waals surface area contributed by atoms with Crippen LogP contribution in [0, 0.1) is 5.92 Å². The Hall–Kier alpha value is -1.75. The van der Waals surface area contributed by atoms with E-state index in [1.807, 2.05) is 13.0 Å². The summed E-state index contributed by atoms with van der Waals surface area (Å²) in [5, 5.41) is 12.7. The van der Waals surface area contributed by atoms with Crippen LogP contribution in [0.2, 0.25) is 0 Å². The number of aryl methyl sites for hydroxylation is 2. The van der Waals surface area contributed by atoms with E-state index in [1.54, 1.807) is 0 Å². The molecule has 0 spiro atoms. The van der Waals surface area contributed by atoms with Crippen molar-refractivity contribution in [3.05, 3.63) is 40.9 Å². The number of benzene rings is 1. The van der Waals surface area contributed by atoms with Crippen LogP contribution in [0.15, 0.2) is 30.3 Å². The maximum absolute atomic E-state index is 11.9. The molecule has 2 aromatic rings. The van der Waals surface area contributed by atoms with Gasteiger partial charge in [0.15, 0.2) is 0 Å². The summed E-state index contributed by atoms with van der Waals surface area (Å²) in [6.45, 7) is 4.03. The summed E-state index contributed by atoms with van der Waals surface area (Å²) in [6, 6.07) is 10.4. The van der Waals surface area contributed by atoms with Crippen molar-refractivity contribution < 1.29 is 4.79 Å². The normalized spacial score (nSPS) is 12.1. The summed E-state index contributed by atoms with van der Waals surface area (Å²) in [4.78, 5) is 11.9. The van der Waals surface area contributed by atoms with Gasteiger partial charge in [0.2, 0.25) is 11.0 Å². The Bertz CT molecular complexity index is 583. The molecule has 0 saturated carbocycles. The highest BCUT2D eigenvalue weighted by atomic mass is 32.1. The summed E-state index contributed by atoms with van der Waals surface area (Å²) in [6.07, 6.45) is 4.88. The topological polar surface area (TPSA) is 54.9 Å². The molecule has 0 aliphatic rings. The molecule has 22 heavy (non-hydrogen) atoms. The molecule has 1 N–H and O–H groups in total. The zero-order chi connectivity index (χ0) is 15.8. The van der Waals surface area contributed by atoms with Crippen molar-refractivity contribution in [3.63, 3.8) is 0 Å². The lowest BCUT2D eigenvalue weighted by Crippen LogP contribution is -2.20. The van der Waals surface area contributed by atoms with Gasteiger partial charge in [-0.1, -0.05) is 61.9 Å². The minimum Gasteiger partial charge on any atom is -0.300 e. The van der Waals surface area contributed by atoms with E-state index in [1.165, 1.54) is 16.9 Å². The second-order valence-corrected chi connectivity index (χ2v) is 6.58. The second kappa shape index (κ2) is 8.63. The standard InChI is InChI=1S/C17H23N3OS/c1-3-8-13(2)16(21)18-17-20-19-15(22-17)12-7-11-14-9-5-4-6-10-14/h4-6,9-10,13H,3,7-8,11-12H2,1-2H3,(H,18,20,21). The number of hydrogen-bond donors (Lipinski definition) is 1. The Balaban J connectivity index is 1.78. The van der Waals surface area contributed by atoms with Crippen molar-refractivity contribution in [2.45, 2.75) is 46.0 Å². The first kappa shape index (κ1) is 16.6. The average Bonchev–Trinajstić information content (AvgIpc) is 2.96. The Morgan fingerprint density at radius 1 is 1.23 bits per heavy atom. The largest absolute Gasteiger partial charge is 0.300 e. The predicted molar refractivity (Wildman–Crippen MR) is 91.1 cm³/mol. The van der Waals surface area contributed by atoms with Gasteiger partial charge in [0.05, 0.1) is 0 Å². The molecule has 2 rings (SSSR count). The number of rotatable bonds is 8. The van der Waals surface area contributed by atoms with E-state index in [-0.39, 0.29) is 11.8 Å². The molecule has 0 bridgehead atoms. The molecule has 1 heterocycles. The highest BCUT2D eigenvalue weighted by molar-refractivity contribution is 7.15. The van der Waals surface area contributed by atoms with Crippen LogP contribution in [0.3, 0.4) is 0 Å². The van der Waals surface area contributed by atoms with Gasteiger partial charge in [0.1, 0.15) is 5.01 Å². The van der Waals surface area contributed by atoms with Gasteiger partial charge in [-0.2, -0.15) is 0 Å². The lowest BCUT2D eigenvalue weighted by molar-refractivity contribution is -0.119. The molecule has 0 saturated heterocycles. The molecule has 1 aromatic carbocycles. The molecule has 0 aliphatic carbocycles. The molecule has 0 aliphatic heterocycles. The molecule has 118 valence electrons. The quantitative estimate of drug-likeness (QED) is 0.798. The first-order valence-corrected chi connectivity index (χ1v) is 8.68. The van der Waals surface area contributed by atoms with E-state index in [4.69, 9.17) is 0 Å². The SMILES string of the molecule is CCCC(C)C(=O)Nc1nnc(CCCc2ccccc2)s1. The lowest BCUT2D eigenvalue weighted by Gasteiger charge is -2.07. The maximum atomic E-state index is 11.9. The van der Waals surface area contributed by atoms with Crippen LogP contribution in [-0.4, -0.2) is 16.1 Å². The Morgan fingerprint density at radius 3 is 2.73 bits per heavy atom. The van der Waals surface area contributed by atoms with Gasteiger partial charge in [0, 0.05) is 12.3 Å². The first-order valence-electron chi connectivity index (χ1n) is 7.86. The fraction of sp³-hybridized carbons (Fsp3) is 0.471. The van der Waals surface area contributed by atoms with E-state index < -0.39 is 0 Å². The summed E-state index contributed by atoms with van der Waals surface area (Å²) < 4.78 is 0. The number of amides is 1. The molecule has 1 amide bonds. The Morgan fingerprint density at radius 2 is 2.00 bits per heavy atom. The van der Waals surface area contributed by atoms with Gasteiger partial charge >= 0.3 is 0 Å². The molecule has 5 heteroatoms. The molecular formula is C17H23N3OS. The molecule has 1 atom stereocenters. The number of hydrogen-bond acceptors (Lipinski definition) is 4. The van der Waals surface area contributed by atoms with Gasteiger partial charge in [0.25, 0.3) is 0 Å². The van der Waals surface area contributed by atoms with Crippen LogP contribution >= 0.6 is 11.3 Å². The van der Waals surface area contributed by atoms with Crippen molar-refractivity contribution in [2.75, 3.05) is 5.32 Å². The molecule has 0 radical (unpaired) electrons. The molecule has 0 fully saturated rings. The van der Waals surface area contributed by atoms with E-state index in [9.17, 15) is 4.79 Å². The number of carbonyl (C=O) groups is 1. The third-order valence-electron chi connectivity index (χ3n) is 3.57. The van der Waals surface area contributed by atoms with E-state index >= 15 is 0 Å². The van der Waals surface area contributed by atoms with E-state index in [2.05, 4.69) is 46.7 Å². The van der Waals surface area contributed by atoms with Crippen molar-refractivity contribution >= 4 is 22.4 Å². The second-order valence-electron chi connectivity index (χ2n) is 5.52. The van der Waals surface area contributed by atoms with Gasteiger partial charge in [-0.15, -0.1) is 10.2 Å². The third-order valence-corrected chi connectivity index (χ3v) is 4.46. The van der Waals surface area contributed by atoms with Crippen molar-refractivity contribution in [3.8, 4) is 0 Å². The van der Waals surface area contributed by atoms with E-state index in [0.717, 1.165) is 37.1 Å². The monoisotopic (exact) mass is 317 g/mol. The zero-order valence-corrected chi connectivity index (χ0v) is 14.0. The van der Waals surface area contributed by atoms with Gasteiger partial charge in [-0.25, -0.2) is 0 Å². The highest BCUT2D eigenvalue weighted by Gasteiger charge is 2.14. The van der Waals surface area contributed by atoms with Crippen LogP contribution in [0.1, 0.15) is 43.7 Å². The fourth-order valence-corrected chi connectivity index (χ4v) is 3.07. The summed E-state index contributed by atoms with van der Waals surface area (Å²) in [5.41, 5.74) is 1.34. The van der Waals surface area contributed by atoms with Crippen LogP contribution in [0.4, 0.5) is 5.13 Å². The van der Waals surface area contributed by atoms with Gasteiger partial charge < -0.3 is 5.32 Å². The fourth-order valence-electron chi connectivity index (χ4n) is 2.29. The lowest BCUT2D eigenvalue weighted by atomic mass is 10.1. The average molecular weight is 317 g/mol. The highest BCUT2D eigenvalue weighted by Crippen LogP contribution is 2.19. The first-order chi connectivity index (χ1) is 10.7. The van der Waals surface area contributed by atoms with Crippen molar-refractivity contribution in [1.29, 1.82) is 0 Å². The number of carbonyl (C=O) groups excluding carboxylic acids is 1. The molecule has 1 aromatic heterocycles. The number of aromatic nitrogens is 2. The third kappa shape index (κ3) is 5.22. The Labute approximate surface area is 136 Å². The van der Waals surface area contributed by atoms with Crippen LogP contribution in [-0.2, 0) is 17.6 Å². The molecule has 4 nitrogen and oxygen atoms in total. The van der Waals surface area contributed by atoms with Crippen LogP contribution in [0.25, 0.3) is 0 Å². The van der Waals surface area contributed by atoms with Crippen LogP contribution in [0.5, 0.6) is 0 Å². The number of nitrogens with zero attached hydrogens (tertiary/aromatic N) is 2. The maximum Gasteiger partial charge on any atom is 0.229 e. The van der Waals surface area contributed by atoms with Crippen molar-refractivity contribution in [1.82, 2.24) is 10.2 Å². The minimum absolute atomic E-state index is 0.0235. The summed E-state index contributed by atoms with van der Waals surface area (Å²) in [5.74, 6) is 0.0595. The predicted octanol–water partition coefficient (Wildman–Crippen LogP) is 4.09. The summed E-state index contributed by atoms with van der Waals surface area (Å²) in [7, 11) is 0. The van der Waals surface area contributed by atoms with Gasteiger partial charge in [-0.3, -0.25) is 4.79 Å². The van der Waals surface area contributed by atoms with Crippen molar-refractivity contribution in [2.24, 2.45) is 5.92 Å². The van der Waals surface area contributed by atoms with Crippen LogP contribution < -0.4 is 5.32 Å². The number of anilines is 1. The zero-order valence-electron chi connectivity index (χ0n) is 13.2. The molecular weight excluding hydrogens is 294 g/mol. The number of nitrogens with one attached hydrogen (secondary N) is 1. The van der Waals surface area contributed by atoms with E-state index in [0.29, 0.717) is 5.13 Å².